The molecule has 2 atom stereocenters. The van der Waals surface area contributed by atoms with Crippen LogP contribution >= 0.6 is 0 Å². The number of nitrogens with one attached hydrogen (secondary N) is 3. The van der Waals surface area contributed by atoms with Gasteiger partial charge in [-0.05, 0) is 24.3 Å². The predicted octanol–water partition coefficient (Wildman–Crippen LogP) is -1.42. The van der Waals surface area contributed by atoms with Crippen LogP contribution in [0, 0.1) is 0 Å². The molecule has 3 N–H and O–H groups in total. The van der Waals surface area contributed by atoms with Crippen LogP contribution in [0.1, 0.15) is 6.42 Å². The van der Waals surface area contributed by atoms with Gasteiger partial charge >= 0.3 is 5.97 Å². The van der Waals surface area contributed by atoms with Gasteiger partial charge in [0.25, 0.3) is 11.8 Å². The number of piperazine rings is 1. The van der Waals surface area contributed by atoms with Gasteiger partial charge in [-0.15, -0.1) is 0 Å². The number of rotatable bonds is 6. The maximum Gasteiger partial charge on any atom is 0.312 e. The fourth-order valence-corrected chi connectivity index (χ4v) is 2.61. The van der Waals surface area contributed by atoms with Crippen LogP contribution in [0.25, 0.3) is 0 Å². The van der Waals surface area contributed by atoms with Gasteiger partial charge in [0.2, 0.25) is 0 Å². The van der Waals surface area contributed by atoms with Crippen molar-refractivity contribution in [1.82, 2.24) is 5.32 Å². The molecule has 1 fully saturated rings. The highest BCUT2D eigenvalue weighted by atomic mass is 16.5. The lowest BCUT2D eigenvalue weighted by atomic mass is 10.1. The van der Waals surface area contributed by atoms with Crippen LogP contribution in [0.15, 0.2) is 24.3 Å². The number of esters is 1. The summed E-state index contributed by atoms with van der Waals surface area (Å²) in [7, 11) is 2.85. The zero-order valence-corrected chi connectivity index (χ0v) is 13.8. The maximum absolute atomic E-state index is 12.2. The van der Waals surface area contributed by atoms with Gasteiger partial charge < -0.3 is 25.0 Å². The third kappa shape index (κ3) is 4.69. The minimum absolute atomic E-state index is 0.0481. The Morgan fingerprint density at radius 2 is 2.00 bits per heavy atom. The van der Waals surface area contributed by atoms with E-state index in [9.17, 15) is 14.4 Å². The highest BCUT2D eigenvalue weighted by Crippen LogP contribution is 2.14. The smallest absolute Gasteiger partial charge is 0.312 e. The lowest BCUT2D eigenvalue weighted by molar-refractivity contribution is -0.909. The minimum Gasteiger partial charge on any atom is -0.497 e. The minimum atomic E-state index is -0.618. The number of benzene rings is 1. The fourth-order valence-electron chi connectivity index (χ4n) is 2.61. The monoisotopic (exact) mass is 336 g/mol. The number of hydrogen-bond donors (Lipinski definition) is 3. The van der Waals surface area contributed by atoms with Crippen molar-refractivity contribution in [3.63, 3.8) is 0 Å². The molecule has 0 aromatic heterocycles. The molecule has 24 heavy (non-hydrogen) atoms. The van der Waals surface area contributed by atoms with Crippen LogP contribution in [0.3, 0.4) is 0 Å². The second-order valence-electron chi connectivity index (χ2n) is 5.49. The molecule has 1 unspecified atom stereocenters. The summed E-state index contributed by atoms with van der Waals surface area (Å²) in [4.78, 5) is 36.4. The van der Waals surface area contributed by atoms with Gasteiger partial charge in [0.1, 0.15) is 12.2 Å². The Labute approximate surface area is 140 Å². The van der Waals surface area contributed by atoms with Crippen LogP contribution in [0.2, 0.25) is 0 Å². The molecule has 1 aromatic carbocycles. The summed E-state index contributed by atoms with van der Waals surface area (Å²) in [6.45, 7) is 1.15. The highest BCUT2D eigenvalue weighted by Gasteiger charge is 2.36. The number of ether oxygens (including phenoxy) is 2. The first-order valence-corrected chi connectivity index (χ1v) is 7.66. The zero-order chi connectivity index (χ0) is 17.5. The van der Waals surface area contributed by atoms with E-state index >= 15 is 0 Å². The Morgan fingerprint density at radius 3 is 2.62 bits per heavy atom. The van der Waals surface area contributed by atoms with E-state index in [-0.39, 0.29) is 24.8 Å². The lowest BCUT2D eigenvalue weighted by Crippen LogP contribution is -3.20. The number of methoxy groups -OCH3 is 2. The van der Waals surface area contributed by atoms with Crippen molar-refractivity contribution in [3.05, 3.63) is 24.3 Å². The van der Waals surface area contributed by atoms with E-state index in [2.05, 4.69) is 15.4 Å². The average molecular weight is 336 g/mol. The summed E-state index contributed by atoms with van der Waals surface area (Å²) >= 11 is 0. The van der Waals surface area contributed by atoms with E-state index in [1.54, 1.807) is 31.4 Å². The Morgan fingerprint density at radius 1 is 1.29 bits per heavy atom. The van der Waals surface area contributed by atoms with E-state index in [1.807, 2.05) is 0 Å². The molecule has 0 bridgehead atoms. The first kappa shape index (κ1) is 17.7. The van der Waals surface area contributed by atoms with Crippen molar-refractivity contribution in [3.8, 4) is 5.75 Å². The maximum atomic E-state index is 12.2. The molecule has 2 rings (SSSR count). The number of carbonyl (C=O) groups excluding carboxylic acids is 3. The molecule has 0 aliphatic carbocycles. The fraction of sp³-hybridized carbons (Fsp3) is 0.438. The molecular formula is C16H22N3O5+. The van der Waals surface area contributed by atoms with Crippen molar-refractivity contribution in [2.75, 3.05) is 39.2 Å². The van der Waals surface area contributed by atoms with Crippen molar-refractivity contribution in [1.29, 1.82) is 0 Å². The molecule has 1 aliphatic heterocycles. The second-order valence-corrected chi connectivity index (χ2v) is 5.49. The average Bonchev–Trinajstić information content (AvgIpc) is 2.58. The number of carbonyl (C=O) groups is 3. The second kappa shape index (κ2) is 8.30. The Balaban J connectivity index is 1.96. The summed E-state index contributed by atoms with van der Waals surface area (Å²) in [6.07, 6.45) is -0.0481. The normalized spacial score (nSPS) is 20.0. The van der Waals surface area contributed by atoms with Gasteiger partial charge in [-0.1, -0.05) is 0 Å². The van der Waals surface area contributed by atoms with E-state index in [0.29, 0.717) is 24.5 Å². The SMILES string of the molecule is COC(=O)C[C@H]1C(=O)NCC[NH+]1CC(=O)Nc1ccc(OC)cc1. The molecule has 2 amide bonds. The van der Waals surface area contributed by atoms with Gasteiger partial charge in [0.05, 0.1) is 27.3 Å². The lowest BCUT2D eigenvalue weighted by Gasteiger charge is -2.30. The third-order valence-electron chi connectivity index (χ3n) is 3.91. The van der Waals surface area contributed by atoms with Crippen molar-refractivity contribution < 1.29 is 28.8 Å². The van der Waals surface area contributed by atoms with Crippen LogP contribution in [-0.4, -0.2) is 57.7 Å². The molecule has 1 saturated heterocycles. The predicted molar refractivity (Wildman–Crippen MR) is 85.8 cm³/mol. The molecular weight excluding hydrogens is 314 g/mol. The van der Waals surface area contributed by atoms with Crippen LogP contribution in [0.5, 0.6) is 5.75 Å². The zero-order valence-electron chi connectivity index (χ0n) is 13.8. The quantitative estimate of drug-likeness (QED) is 0.554. The molecule has 8 nitrogen and oxygen atoms in total. The van der Waals surface area contributed by atoms with E-state index in [0.717, 1.165) is 4.90 Å². The number of hydrogen-bond acceptors (Lipinski definition) is 5. The van der Waals surface area contributed by atoms with Crippen molar-refractivity contribution in [2.24, 2.45) is 0 Å². The summed E-state index contributed by atoms with van der Waals surface area (Å²) in [5, 5.41) is 5.49. The van der Waals surface area contributed by atoms with Crippen LogP contribution in [-0.2, 0) is 19.1 Å². The van der Waals surface area contributed by atoms with Gasteiger partial charge in [-0.3, -0.25) is 14.4 Å². The summed E-state index contributed by atoms with van der Waals surface area (Å²) < 4.78 is 9.69. The van der Waals surface area contributed by atoms with Crippen LogP contribution in [0.4, 0.5) is 5.69 Å². The standard InChI is InChI=1S/C16H21N3O5/c1-23-12-5-3-11(4-6-12)18-14(20)10-19-8-7-17-16(22)13(19)9-15(21)24-2/h3-6,13H,7-10H2,1-2H3,(H,17,22)(H,18,20)/p+1/t13-/m0/s1. The molecule has 0 saturated carbocycles. The number of quaternary nitrogens is 1. The molecule has 130 valence electrons. The van der Waals surface area contributed by atoms with E-state index in [1.165, 1.54) is 7.11 Å². The van der Waals surface area contributed by atoms with Gasteiger partial charge in [0, 0.05) is 5.69 Å². The molecule has 0 spiro atoms. The van der Waals surface area contributed by atoms with E-state index in [4.69, 9.17) is 4.74 Å². The highest BCUT2D eigenvalue weighted by molar-refractivity contribution is 5.92. The first-order chi connectivity index (χ1) is 11.5. The summed E-state index contributed by atoms with van der Waals surface area (Å²) in [5.41, 5.74) is 0.645. The summed E-state index contributed by atoms with van der Waals surface area (Å²) in [5.74, 6) is -0.229. The van der Waals surface area contributed by atoms with Crippen LogP contribution < -0.4 is 20.3 Å². The Hall–Kier alpha value is -2.61. The molecule has 8 heteroatoms. The number of amides is 2. The molecule has 1 heterocycles. The topological polar surface area (TPSA) is 98.2 Å². The largest absolute Gasteiger partial charge is 0.497 e. The van der Waals surface area contributed by atoms with Gasteiger partial charge in [-0.25, -0.2) is 0 Å². The Kier molecular flexibility index (Phi) is 6.14. The molecule has 1 aliphatic rings. The molecule has 0 radical (unpaired) electrons. The van der Waals surface area contributed by atoms with Crippen molar-refractivity contribution >= 4 is 23.5 Å². The Bertz CT molecular complexity index is 602. The van der Waals surface area contributed by atoms with Crippen molar-refractivity contribution in [2.45, 2.75) is 12.5 Å². The van der Waals surface area contributed by atoms with Gasteiger partial charge in [-0.2, -0.15) is 0 Å². The number of anilines is 1. The first-order valence-electron chi connectivity index (χ1n) is 7.66. The van der Waals surface area contributed by atoms with Gasteiger partial charge in [0.15, 0.2) is 12.6 Å². The summed E-state index contributed by atoms with van der Waals surface area (Å²) in [6, 6.07) is 6.35. The van der Waals surface area contributed by atoms with E-state index < -0.39 is 12.0 Å². The third-order valence-corrected chi connectivity index (χ3v) is 3.91. The molecule has 1 aromatic rings.